The van der Waals surface area contributed by atoms with Crippen molar-refractivity contribution in [2.24, 2.45) is 0 Å². The van der Waals surface area contributed by atoms with E-state index in [1.807, 2.05) is 0 Å². The fourth-order valence-electron chi connectivity index (χ4n) is 3.58. The molecule has 1 unspecified atom stereocenters. The Labute approximate surface area is 116 Å². The summed E-state index contributed by atoms with van der Waals surface area (Å²) >= 11 is 0. The van der Waals surface area contributed by atoms with Crippen LogP contribution in [0.5, 0.6) is 0 Å². The van der Waals surface area contributed by atoms with Gasteiger partial charge in [0.05, 0.1) is 6.26 Å². The van der Waals surface area contributed by atoms with Gasteiger partial charge in [0.2, 0.25) is 0 Å². The van der Waals surface area contributed by atoms with E-state index in [-0.39, 0.29) is 11.5 Å². The van der Waals surface area contributed by atoms with E-state index in [2.05, 4.69) is 44.7 Å². The molecule has 0 heterocycles. The molecule has 0 amide bonds. The lowest BCUT2D eigenvalue weighted by molar-refractivity contribution is 0.128. The fraction of sp³-hybridized carbons (Fsp3) is 0.444. The van der Waals surface area contributed by atoms with E-state index in [1.165, 1.54) is 29.5 Å². The Bertz CT molecular complexity index is 537. The fourth-order valence-corrected chi connectivity index (χ4v) is 3.58. The topological polar surface area (TPSA) is 9.23 Å². The van der Waals surface area contributed by atoms with Crippen molar-refractivity contribution in [3.8, 4) is 0 Å². The van der Waals surface area contributed by atoms with Crippen molar-refractivity contribution >= 4 is 0 Å². The number of ether oxygens (including phenoxy) is 1. The van der Waals surface area contributed by atoms with Crippen LogP contribution in [0.2, 0.25) is 0 Å². The van der Waals surface area contributed by atoms with Gasteiger partial charge in [0, 0.05) is 5.41 Å². The maximum atomic E-state index is 5.70. The van der Waals surface area contributed by atoms with Gasteiger partial charge in [-0.1, -0.05) is 44.7 Å². The van der Waals surface area contributed by atoms with Crippen LogP contribution < -0.4 is 0 Å². The zero-order valence-corrected chi connectivity index (χ0v) is 11.9. The van der Waals surface area contributed by atoms with Crippen LogP contribution in [-0.4, -0.2) is 0 Å². The van der Waals surface area contributed by atoms with Gasteiger partial charge in [-0.3, -0.25) is 0 Å². The van der Waals surface area contributed by atoms with Crippen LogP contribution in [0.15, 0.2) is 37.1 Å². The highest BCUT2D eigenvalue weighted by Crippen LogP contribution is 2.41. The first-order chi connectivity index (χ1) is 9.13. The summed E-state index contributed by atoms with van der Waals surface area (Å²) in [5.74, 6) is 0. The van der Waals surface area contributed by atoms with Gasteiger partial charge in [0.15, 0.2) is 0 Å². The Morgan fingerprint density at radius 2 is 2.16 bits per heavy atom. The summed E-state index contributed by atoms with van der Waals surface area (Å²) in [6.45, 7) is 8.30. The summed E-state index contributed by atoms with van der Waals surface area (Å²) < 4.78 is 5.70. The zero-order chi connectivity index (χ0) is 13.5. The maximum Gasteiger partial charge on any atom is 0.123 e. The zero-order valence-electron chi connectivity index (χ0n) is 11.9. The van der Waals surface area contributed by atoms with Crippen LogP contribution in [0.1, 0.15) is 55.0 Å². The molecule has 0 N–H and O–H groups in total. The minimum absolute atomic E-state index is 0.162. The molecule has 2 aliphatic rings. The predicted molar refractivity (Wildman–Crippen MR) is 79.3 cm³/mol. The number of benzene rings is 1. The van der Waals surface area contributed by atoms with Crippen LogP contribution in [0, 0.1) is 0 Å². The SMILES string of the molecule is C=COC1CCCc2c1ccc1c2CC=CC1(C)C. The third-order valence-corrected chi connectivity index (χ3v) is 4.52. The average molecular weight is 254 g/mol. The normalized spacial score (nSPS) is 23.4. The Hall–Kier alpha value is -1.50. The van der Waals surface area contributed by atoms with Crippen molar-refractivity contribution in [2.75, 3.05) is 0 Å². The van der Waals surface area contributed by atoms with Crippen molar-refractivity contribution in [1.82, 2.24) is 0 Å². The van der Waals surface area contributed by atoms with Gasteiger partial charge in [-0.05, 0) is 47.9 Å². The third kappa shape index (κ3) is 2.01. The molecule has 0 bridgehead atoms. The van der Waals surface area contributed by atoms with Crippen LogP contribution in [0.25, 0.3) is 0 Å². The highest BCUT2D eigenvalue weighted by atomic mass is 16.5. The number of hydrogen-bond donors (Lipinski definition) is 0. The molecule has 1 nitrogen and oxygen atoms in total. The Balaban J connectivity index is 2.11. The summed E-state index contributed by atoms with van der Waals surface area (Å²) in [4.78, 5) is 0. The Morgan fingerprint density at radius 1 is 1.32 bits per heavy atom. The predicted octanol–water partition coefficient (Wildman–Crippen LogP) is 4.61. The molecular weight excluding hydrogens is 232 g/mol. The largest absolute Gasteiger partial charge is 0.494 e. The van der Waals surface area contributed by atoms with Crippen LogP contribution >= 0.6 is 0 Å². The first kappa shape index (κ1) is 12.5. The van der Waals surface area contributed by atoms with E-state index >= 15 is 0 Å². The second kappa shape index (κ2) is 4.56. The van der Waals surface area contributed by atoms with Gasteiger partial charge in [0.1, 0.15) is 6.10 Å². The minimum atomic E-state index is 0.162. The molecule has 2 aliphatic carbocycles. The van der Waals surface area contributed by atoms with E-state index in [1.54, 1.807) is 11.8 Å². The van der Waals surface area contributed by atoms with Crippen LogP contribution in [0.4, 0.5) is 0 Å². The van der Waals surface area contributed by atoms with E-state index in [0.29, 0.717) is 0 Å². The average Bonchev–Trinajstić information content (AvgIpc) is 2.39. The lowest BCUT2D eigenvalue weighted by Gasteiger charge is -2.34. The minimum Gasteiger partial charge on any atom is -0.494 e. The summed E-state index contributed by atoms with van der Waals surface area (Å²) in [6, 6.07) is 4.59. The smallest absolute Gasteiger partial charge is 0.123 e. The Kier molecular flexibility index (Phi) is 3.00. The maximum absolute atomic E-state index is 5.70. The van der Waals surface area contributed by atoms with Crippen molar-refractivity contribution < 1.29 is 4.74 Å². The van der Waals surface area contributed by atoms with Gasteiger partial charge in [-0.2, -0.15) is 0 Å². The summed E-state index contributed by atoms with van der Waals surface area (Å²) in [5.41, 5.74) is 6.12. The van der Waals surface area contributed by atoms with Crippen molar-refractivity contribution in [1.29, 1.82) is 0 Å². The second-order valence-corrected chi connectivity index (χ2v) is 6.17. The van der Waals surface area contributed by atoms with Gasteiger partial charge >= 0.3 is 0 Å². The van der Waals surface area contributed by atoms with Gasteiger partial charge in [0.25, 0.3) is 0 Å². The standard InChI is InChI=1S/C18H22O/c1-4-19-17-9-5-7-13-14-8-6-12-18(2,3)16(14)11-10-15(13)17/h4,6,10-12,17H,1,5,7-9H2,2-3H3. The summed E-state index contributed by atoms with van der Waals surface area (Å²) in [6.07, 6.45) is 11.0. The lowest BCUT2D eigenvalue weighted by atomic mass is 9.72. The summed E-state index contributed by atoms with van der Waals surface area (Å²) in [7, 11) is 0. The monoisotopic (exact) mass is 254 g/mol. The number of allylic oxidation sites excluding steroid dienone is 2. The van der Waals surface area contributed by atoms with Crippen LogP contribution in [-0.2, 0) is 23.0 Å². The molecule has 0 aromatic heterocycles. The first-order valence-electron chi connectivity index (χ1n) is 7.22. The number of hydrogen-bond acceptors (Lipinski definition) is 1. The van der Waals surface area contributed by atoms with Gasteiger partial charge in [-0.25, -0.2) is 0 Å². The third-order valence-electron chi connectivity index (χ3n) is 4.52. The lowest BCUT2D eigenvalue weighted by Crippen LogP contribution is -2.23. The summed E-state index contributed by atoms with van der Waals surface area (Å²) in [5, 5.41) is 0. The van der Waals surface area contributed by atoms with Crippen molar-refractivity contribution in [3.63, 3.8) is 0 Å². The molecule has 3 rings (SSSR count). The second-order valence-electron chi connectivity index (χ2n) is 6.17. The molecule has 0 radical (unpaired) electrons. The Morgan fingerprint density at radius 3 is 2.95 bits per heavy atom. The van der Waals surface area contributed by atoms with E-state index in [4.69, 9.17) is 4.74 Å². The van der Waals surface area contributed by atoms with Crippen molar-refractivity contribution in [3.05, 3.63) is 59.4 Å². The molecule has 0 saturated carbocycles. The van der Waals surface area contributed by atoms with E-state index in [9.17, 15) is 0 Å². The molecule has 1 heteroatoms. The van der Waals surface area contributed by atoms with Gasteiger partial charge in [-0.15, -0.1) is 0 Å². The van der Waals surface area contributed by atoms with E-state index in [0.717, 1.165) is 12.8 Å². The molecule has 0 spiro atoms. The highest BCUT2D eigenvalue weighted by Gasteiger charge is 2.29. The van der Waals surface area contributed by atoms with Gasteiger partial charge < -0.3 is 4.74 Å². The van der Waals surface area contributed by atoms with E-state index < -0.39 is 0 Å². The molecule has 0 fully saturated rings. The molecule has 1 aromatic rings. The molecule has 0 saturated heterocycles. The molecular formula is C18H22O. The quantitative estimate of drug-likeness (QED) is 0.553. The number of fused-ring (bicyclic) bond motifs is 3. The first-order valence-corrected chi connectivity index (χ1v) is 7.22. The molecule has 1 aromatic carbocycles. The molecule has 0 aliphatic heterocycles. The highest BCUT2D eigenvalue weighted by molar-refractivity contribution is 5.50. The molecule has 1 atom stereocenters. The molecule has 100 valence electrons. The number of rotatable bonds is 2. The van der Waals surface area contributed by atoms with Crippen molar-refractivity contribution in [2.45, 2.75) is 51.0 Å². The van der Waals surface area contributed by atoms with Crippen LogP contribution in [0.3, 0.4) is 0 Å². The molecule has 19 heavy (non-hydrogen) atoms.